The largest absolute Gasteiger partial charge is 0.508 e. The van der Waals surface area contributed by atoms with E-state index >= 15 is 0 Å². The molecule has 3 aromatic carbocycles. The van der Waals surface area contributed by atoms with Gasteiger partial charge in [-0.1, -0.05) is 42.0 Å². The molecule has 0 amide bonds. The second kappa shape index (κ2) is 5.71. The molecule has 0 saturated carbocycles. The van der Waals surface area contributed by atoms with Crippen LogP contribution in [-0.2, 0) is 0 Å². The molecule has 0 saturated heterocycles. The summed E-state index contributed by atoms with van der Waals surface area (Å²) in [5.41, 5.74) is 3.37. The Labute approximate surface area is 124 Å². The third-order valence-corrected chi connectivity index (χ3v) is 3.31. The van der Waals surface area contributed by atoms with E-state index in [2.05, 4.69) is 6.92 Å². The predicted molar refractivity (Wildman–Crippen MR) is 84.8 cm³/mol. The molecule has 0 aromatic heterocycles. The summed E-state index contributed by atoms with van der Waals surface area (Å²) in [6, 6.07) is 23.1. The van der Waals surface area contributed by atoms with Gasteiger partial charge in [0.1, 0.15) is 17.2 Å². The van der Waals surface area contributed by atoms with Gasteiger partial charge < -0.3 is 9.84 Å². The first-order valence-corrected chi connectivity index (χ1v) is 6.85. The number of hydrogen-bond acceptors (Lipinski definition) is 2. The maximum absolute atomic E-state index is 9.31. The summed E-state index contributed by atoms with van der Waals surface area (Å²) in [5.74, 6) is 1.91. The van der Waals surface area contributed by atoms with Gasteiger partial charge >= 0.3 is 0 Å². The fraction of sp³-hybridized carbons (Fsp3) is 0.0526. The van der Waals surface area contributed by atoms with Gasteiger partial charge in [0.25, 0.3) is 0 Å². The van der Waals surface area contributed by atoms with Gasteiger partial charge in [-0.25, -0.2) is 0 Å². The number of benzene rings is 3. The minimum atomic E-state index is 0.276. The number of phenols is 1. The summed E-state index contributed by atoms with van der Waals surface area (Å²) in [6.07, 6.45) is 0. The van der Waals surface area contributed by atoms with Crippen LogP contribution >= 0.6 is 0 Å². The van der Waals surface area contributed by atoms with Crippen LogP contribution in [0.25, 0.3) is 11.1 Å². The third-order valence-electron chi connectivity index (χ3n) is 3.31. The summed E-state index contributed by atoms with van der Waals surface area (Å²) in [7, 11) is 0. The summed E-state index contributed by atoms with van der Waals surface area (Å²) in [5, 5.41) is 9.31. The zero-order chi connectivity index (χ0) is 14.7. The van der Waals surface area contributed by atoms with Crippen LogP contribution in [0.4, 0.5) is 0 Å². The van der Waals surface area contributed by atoms with Gasteiger partial charge in [-0.2, -0.15) is 0 Å². The van der Waals surface area contributed by atoms with Crippen LogP contribution in [0.3, 0.4) is 0 Å². The molecule has 0 aliphatic heterocycles. The van der Waals surface area contributed by atoms with Crippen molar-refractivity contribution in [1.29, 1.82) is 0 Å². The fourth-order valence-corrected chi connectivity index (χ4v) is 2.11. The van der Waals surface area contributed by atoms with Crippen LogP contribution in [-0.4, -0.2) is 5.11 Å². The smallest absolute Gasteiger partial charge is 0.127 e. The Bertz CT molecular complexity index is 711. The molecular weight excluding hydrogens is 260 g/mol. The molecule has 2 heteroatoms. The number of aryl methyl sites for hydroxylation is 1. The molecule has 0 spiro atoms. The summed E-state index contributed by atoms with van der Waals surface area (Å²) >= 11 is 0. The SMILES string of the molecule is Cc1ccc(Oc2ccc(-c3ccc(O)cc3)cc2)cc1. The van der Waals surface area contributed by atoms with E-state index in [4.69, 9.17) is 4.74 Å². The molecule has 0 heterocycles. The average Bonchev–Trinajstić information content (AvgIpc) is 2.51. The van der Waals surface area contributed by atoms with Gasteiger partial charge in [0, 0.05) is 0 Å². The predicted octanol–water partition coefficient (Wildman–Crippen LogP) is 5.16. The topological polar surface area (TPSA) is 29.5 Å². The molecule has 3 rings (SSSR count). The highest BCUT2D eigenvalue weighted by Gasteiger charge is 2.00. The van der Waals surface area contributed by atoms with Crippen molar-refractivity contribution in [3.05, 3.63) is 78.4 Å². The van der Waals surface area contributed by atoms with Crippen LogP contribution in [0.2, 0.25) is 0 Å². The zero-order valence-electron chi connectivity index (χ0n) is 11.8. The molecule has 104 valence electrons. The molecule has 3 aromatic rings. The second-order valence-electron chi connectivity index (χ2n) is 4.99. The molecular formula is C19H16O2. The van der Waals surface area contributed by atoms with E-state index < -0.39 is 0 Å². The van der Waals surface area contributed by atoms with Gasteiger partial charge in [-0.15, -0.1) is 0 Å². The number of hydrogen-bond donors (Lipinski definition) is 1. The van der Waals surface area contributed by atoms with Crippen molar-refractivity contribution in [3.63, 3.8) is 0 Å². The monoisotopic (exact) mass is 276 g/mol. The molecule has 0 radical (unpaired) electrons. The first-order chi connectivity index (χ1) is 10.2. The molecule has 0 aliphatic rings. The van der Waals surface area contributed by atoms with Crippen molar-refractivity contribution in [1.82, 2.24) is 0 Å². The maximum atomic E-state index is 9.31. The third kappa shape index (κ3) is 3.23. The first kappa shape index (κ1) is 13.3. The average molecular weight is 276 g/mol. The standard InChI is InChI=1S/C19H16O2/c1-14-2-10-18(11-3-14)21-19-12-6-16(7-13-19)15-4-8-17(20)9-5-15/h2-13,20H,1H3. The van der Waals surface area contributed by atoms with E-state index in [0.29, 0.717) is 0 Å². The Morgan fingerprint density at radius 3 is 1.57 bits per heavy atom. The summed E-state index contributed by atoms with van der Waals surface area (Å²) < 4.78 is 5.80. The van der Waals surface area contributed by atoms with Crippen LogP contribution in [0.1, 0.15) is 5.56 Å². The minimum absolute atomic E-state index is 0.276. The number of phenolic OH excluding ortho intramolecular Hbond substituents is 1. The molecule has 1 N–H and O–H groups in total. The van der Waals surface area contributed by atoms with Crippen molar-refractivity contribution < 1.29 is 9.84 Å². The lowest BCUT2D eigenvalue weighted by molar-refractivity contribution is 0.475. The number of ether oxygens (including phenoxy) is 1. The minimum Gasteiger partial charge on any atom is -0.508 e. The fourth-order valence-electron chi connectivity index (χ4n) is 2.11. The Morgan fingerprint density at radius 2 is 1.05 bits per heavy atom. The second-order valence-corrected chi connectivity index (χ2v) is 4.99. The Balaban J connectivity index is 1.77. The van der Waals surface area contributed by atoms with Crippen molar-refractivity contribution in [2.75, 3.05) is 0 Å². The molecule has 0 fully saturated rings. The summed E-state index contributed by atoms with van der Waals surface area (Å²) in [4.78, 5) is 0. The normalized spacial score (nSPS) is 10.3. The van der Waals surface area contributed by atoms with Gasteiger partial charge in [0.2, 0.25) is 0 Å². The van der Waals surface area contributed by atoms with Gasteiger partial charge in [-0.05, 0) is 54.4 Å². The Morgan fingerprint density at radius 1 is 0.619 bits per heavy atom. The molecule has 0 atom stereocenters. The highest BCUT2D eigenvalue weighted by atomic mass is 16.5. The molecule has 2 nitrogen and oxygen atoms in total. The Kier molecular flexibility index (Phi) is 3.61. The lowest BCUT2D eigenvalue weighted by Crippen LogP contribution is -1.84. The van der Waals surface area contributed by atoms with Gasteiger partial charge in [-0.3, -0.25) is 0 Å². The zero-order valence-corrected chi connectivity index (χ0v) is 11.8. The van der Waals surface area contributed by atoms with Gasteiger partial charge in [0.15, 0.2) is 0 Å². The molecule has 21 heavy (non-hydrogen) atoms. The van der Waals surface area contributed by atoms with Crippen molar-refractivity contribution >= 4 is 0 Å². The van der Waals surface area contributed by atoms with Crippen LogP contribution in [0.15, 0.2) is 72.8 Å². The first-order valence-electron chi connectivity index (χ1n) is 6.85. The lowest BCUT2D eigenvalue weighted by atomic mass is 10.1. The van der Waals surface area contributed by atoms with Crippen molar-refractivity contribution in [3.8, 4) is 28.4 Å². The number of rotatable bonds is 3. The van der Waals surface area contributed by atoms with E-state index in [0.717, 1.165) is 22.6 Å². The lowest BCUT2D eigenvalue weighted by Gasteiger charge is -2.07. The molecule has 0 aliphatic carbocycles. The van der Waals surface area contributed by atoms with E-state index in [-0.39, 0.29) is 5.75 Å². The highest BCUT2D eigenvalue weighted by Crippen LogP contribution is 2.26. The molecule has 0 bridgehead atoms. The quantitative estimate of drug-likeness (QED) is 0.716. The van der Waals surface area contributed by atoms with Crippen LogP contribution in [0.5, 0.6) is 17.2 Å². The van der Waals surface area contributed by atoms with E-state index in [9.17, 15) is 5.11 Å². The van der Waals surface area contributed by atoms with Crippen molar-refractivity contribution in [2.24, 2.45) is 0 Å². The number of aromatic hydroxyl groups is 1. The van der Waals surface area contributed by atoms with E-state index in [1.165, 1.54) is 5.56 Å². The Hall–Kier alpha value is -2.74. The highest BCUT2D eigenvalue weighted by molar-refractivity contribution is 5.64. The van der Waals surface area contributed by atoms with Gasteiger partial charge in [0.05, 0.1) is 0 Å². The maximum Gasteiger partial charge on any atom is 0.127 e. The van der Waals surface area contributed by atoms with Crippen molar-refractivity contribution in [2.45, 2.75) is 6.92 Å². The van der Waals surface area contributed by atoms with E-state index in [1.54, 1.807) is 12.1 Å². The summed E-state index contributed by atoms with van der Waals surface area (Å²) in [6.45, 7) is 2.05. The van der Waals surface area contributed by atoms with Crippen LogP contribution in [0, 0.1) is 6.92 Å². The van der Waals surface area contributed by atoms with E-state index in [1.807, 2.05) is 60.7 Å². The molecule has 0 unspecified atom stereocenters. The van der Waals surface area contributed by atoms with Crippen LogP contribution < -0.4 is 4.74 Å².